The summed E-state index contributed by atoms with van der Waals surface area (Å²) >= 11 is 4.95. The zero-order valence-corrected chi connectivity index (χ0v) is 15.0. The molecule has 0 fully saturated rings. The van der Waals surface area contributed by atoms with E-state index in [1.807, 2.05) is 48.7 Å². The molecule has 0 radical (unpaired) electrons. The summed E-state index contributed by atoms with van der Waals surface area (Å²) in [4.78, 5) is 24.4. The SMILES string of the molecule is C[C@@H](NC(=O)C[C@@H](NC(N)=O)c1cccs1)c1ccccc1Br. The Kier molecular flexibility index (Phi) is 6.18. The van der Waals surface area contributed by atoms with Gasteiger partial charge in [0.2, 0.25) is 5.91 Å². The molecule has 4 N–H and O–H groups in total. The van der Waals surface area contributed by atoms with Gasteiger partial charge in [0.05, 0.1) is 18.5 Å². The van der Waals surface area contributed by atoms with Gasteiger partial charge in [-0.25, -0.2) is 4.79 Å². The molecule has 2 aromatic rings. The van der Waals surface area contributed by atoms with Crippen molar-refractivity contribution in [2.45, 2.75) is 25.4 Å². The molecule has 0 saturated carbocycles. The van der Waals surface area contributed by atoms with E-state index in [0.717, 1.165) is 14.9 Å². The third-order valence-electron chi connectivity index (χ3n) is 3.34. The molecule has 23 heavy (non-hydrogen) atoms. The summed E-state index contributed by atoms with van der Waals surface area (Å²) in [5, 5.41) is 7.46. The van der Waals surface area contributed by atoms with Crippen LogP contribution in [0, 0.1) is 0 Å². The molecular formula is C16H18BrN3O2S. The number of hydrogen-bond donors (Lipinski definition) is 3. The van der Waals surface area contributed by atoms with Crippen molar-refractivity contribution in [3.05, 3.63) is 56.7 Å². The second-order valence-corrected chi connectivity index (χ2v) is 6.93. The summed E-state index contributed by atoms with van der Waals surface area (Å²) in [5.41, 5.74) is 6.20. The number of carbonyl (C=O) groups excluding carboxylic acids is 2. The predicted molar refractivity (Wildman–Crippen MR) is 95.1 cm³/mol. The second-order valence-electron chi connectivity index (χ2n) is 5.09. The fourth-order valence-corrected chi connectivity index (χ4v) is 3.68. The van der Waals surface area contributed by atoms with E-state index in [1.54, 1.807) is 0 Å². The summed E-state index contributed by atoms with van der Waals surface area (Å²) in [7, 11) is 0. The number of primary amides is 1. The maximum atomic E-state index is 12.3. The van der Waals surface area contributed by atoms with Crippen LogP contribution in [-0.4, -0.2) is 11.9 Å². The maximum Gasteiger partial charge on any atom is 0.312 e. The lowest BCUT2D eigenvalue weighted by molar-refractivity contribution is -0.122. The Balaban J connectivity index is 2.02. The largest absolute Gasteiger partial charge is 0.352 e. The first-order valence-electron chi connectivity index (χ1n) is 7.10. The van der Waals surface area contributed by atoms with Crippen molar-refractivity contribution in [2.75, 3.05) is 0 Å². The molecule has 2 rings (SSSR count). The zero-order chi connectivity index (χ0) is 16.8. The van der Waals surface area contributed by atoms with Crippen LogP contribution in [0.15, 0.2) is 46.3 Å². The number of halogens is 1. The van der Waals surface area contributed by atoms with Gasteiger partial charge in [0, 0.05) is 9.35 Å². The minimum Gasteiger partial charge on any atom is -0.352 e. The molecule has 0 aliphatic heterocycles. The Bertz CT molecular complexity index is 676. The van der Waals surface area contributed by atoms with Crippen molar-refractivity contribution >= 4 is 39.2 Å². The number of nitrogens with one attached hydrogen (secondary N) is 2. The van der Waals surface area contributed by atoms with E-state index in [4.69, 9.17) is 5.73 Å². The van der Waals surface area contributed by atoms with Crippen molar-refractivity contribution in [2.24, 2.45) is 5.73 Å². The van der Waals surface area contributed by atoms with Gasteiger partial charge in [-0.15, -0.1) is 11.3 Å². The van der Waals surface area contributed by atoms with Crippen molar-refractivity contribution < 1.29 is 9.59 Å². The van der Waals surface area contributed by atoms with Crippen LogP contribution in [0.1, 0.15) is 35.9 Å². The number of carbonyl (C=O) groups is 2. The van der Waals surface area contributed by atoms with E-state index >= 15 is 0 Å². The minimum atomic E-state index is -0.643. The van der Waals surface area contributed by atoms with E-state index in [9.17, 15) is 9.59 Å². The van der Waals surface area contributed by atoms with Crippen LogP contribution < -0.4 is 16.4 Å². The third kappa shape index (κ3) is 5.07. The van der Waals surface area contributed by atoms with Gasteiger partial charge in [-0.05, 0) is 30.0 Å². The maximum absolute atomic E-state index is 12.3. The normalized spacial score (nSPS) is 13.1. The molecule has 5 nitrogen and oxygen atoms in total. The third-order valence-corrected chi connectivity index (χ3v) is 5.05. The van der Waals surface area contributed by atoms with Crippen LogP contribution >= 0.6 is 27.3 Å². The number of hydrogen-bond acceptors (Lipinski definition) is 3. The van der Waals surface area contributed by atoms with Gasteiger partial charge < -0.3 is 16.4 Å². The smallest absolute Gasteiger partial charge is 0.312 e. The Hall–Kier alpha value is -1.86. The van der Waals surface area contributed by atoms with Crippen molar-refractivity contribution in [3.8, 4) is 0 Å². The highest BCUT2D eigenvalue weighted by atomic mass is 79.9. The summed E-state index contributed by atoms with van der Waals surface area (Å²) in [6, 6.07) is 10.3. The topological polar surface area (TPSA) is 84.2 Å². The number of benzene rings is 1. The molecule has 3 amide bonds. The lowest BCUT2D eigenvalue weighted by Gasteiger charge is -2.19. The standard InChI is InChI=1S/C16H18BrN3O2S/c1-10(11-5-2-3-6-12(11)17)19-15(21)9-13(20-16(18)22)14-7-4-8-23-14/h2-8,10,13H,9H2,1H3,(H,19,21)(H3,18,20,22)/t10-,13-/m1/s1. The fraction of sp³-hybridized carbons (Fsp3) is 0.250. The molecule has 0 unspecified atom stereocenters. The van der Waals surface area contributed by atoms with Crippen LogP contribution in [-0.2, 0) is 4.79 Å². The number of nitrogens with two attached hydrogens (primary N) is 1. The summed E-state index contributed by atoms with van der Waals surface area (Å²) < 4.78 is 0.942. The van der Waals surface area contributed by atoms with Gasteiger partial charge in [-0.2, -0.15) is 0 Å². The molecule has 1 heterocycles. The second kappa shape index (κ2) is 8.12. The molecule has 0 saturated heterocycles. The van der Waals surface area contributed by atoms with E-state index in [1.165, 1.54) is 11.3 Å². The summed E-state index contributed by atoms with van der Waals surface area (Å²) in [6.45, 7) is 1.92. The zero-order valence-electron chi connectivity index (χ0n) is 12.6. The molecule has 1 aromatic carbocycles. The van der Waals surface area contributed by atoms with E-state index in [-0.39, 0.29) is 18.4 Å². The lowest BCUT2D eigenvalue weighted by atomic mass is 10.1. The first kappa shape index (κ1) is 17.5. The van der Waals surface area contributed by atoms with Gasteiger partial charge in [0.1, 0.15) is 0 Å². The van der Waals surface area contributed by atoms with E-state index in [0.29, 0.717) is 0 Å². The number of thiophene rings is 1. The minimum absolute atomic E-state index is 0.137. The van der Waals surface area contributed by atoms with Gasteiger partial charge in [0.25, 0.3) is 0 Å². The molecule has 0 bridgehead atoms. The van der Waals surface area contributed by atoms with Crippen molar-refractivity contribution in [1.82, 2.24) is 10.6 Å². The van der Waals surface area contributed by atoms with Gasteiger partial charge in [0.15, 0.2) is 0 Å². The average molecular weight is 396 g/mol. The molecule has 7 heteroatoms. The van der Waals surface area contributed by atoms with E-state index < -0.39 is 12.1 Å². The summed E-state index contributed by atoms with van der Waals surface area (Å²) in [6.07, 6.45) is 0.137. The molecule has 0 aliphatic rings. The molecule has 1 aromatic heterocycles. The van der Waals surface area contributed by atoms with Crippen LogP contribution in [0.5, 0.6) is 0 Å². The molecule has 0 spiro atoms. The van der Waals surface area contributed by atoms with Crippen LogP contribution in [0.2, 0.25) is 0 Å². The van der Waals surface area contributed by atoms with Crippen molar-refractivity contribution in [3.63, 3.8) is 0 Å². The Morgan fingerprint density at radius 2 is 1.96 bits per heavy atom. The molecule has 122 valence electrons. The quantitative estimate of drug-likeness (QED) is 0.699. The van der Waals surface area contributed by atoms with Gasteiger partial charge in [-0.3, -0.25) is 4.79 Å². The van der Waals surface area contributed by atoms with Gasteiger partial charge in [-0.1, -0.05) is 40.2 Å². The molecular weight excluding hydrogens is 378 g/mol. The highest BCUT2D eigenvalue weighted by Crippen LogP contribution is 2.25. The Labute approximate surface area is 147 Å². The highest BCUT2D eigenvalue weighted by molar-refractivity contribution is 9.10. The molecule has 2 atom stereocenters. The van der Waals surface area contributed by atoms with Gasteiger partial charge >= 0.3 is 6.03 Å². The highest BCUT2D eigenvalue weighted by Gasteiger charge is 2.20. The fourth-order valence-electron chi connectivity index (χ4n) is 2.27. The first-order chi connectivity index (χ1) is 11.0. The lowest BCUT2D eigenvalue weighted by Crippen LogP contribution is -2.36. The first-order valence-corrected chi connectivity index (χ1v) is 8.77. The number of rotatable bonds is 6. The Morgan fingerprint density at radius 3 is 2.57 bits per heavy atom. The Morgan fingerprint density at radius 1 is 1.22 bits per heavy atom. The van der Waals surface area contributed by atoms with Crippen LogP contribution in [0.3, 0.4) is 0 Å². The van der Waals surface area contributed by atoms with Crippen molar-refractivity contribution in [1.29, 1.82) is 0 Å². The summed E-state index contributed by atoms with van der Waals surface area (Å²) in [5.74, 6) is -0.152. The van der Waals surface area contributed by atoms with E-state index in [2.05, 4.69) is 26.6 Å². The average Bonchev–Trinajstić information content (AvgIpc) is 3.00. The predicted octanol–water partition coefficient (Wildman–Crippen LogP) is 3.49. The molecule has 0 aliphatic carbocycles. The number of urea groups is 1. The van der Waals surface area contributed by atoms with Crippen LogP contribution in [0.25, 0.3) is 0 Å². The number of amides is 3. The monoisotopic (exact) mass is 395 g/mol. The van der Waals surface area contributed by atoms with Crippen LogP contribution in [0.4, 0.5) is 4.79 Å².